The minimum absolute atomic E-state index is 0.153. The summed E-state index contributed by atoms with van der Waals surface area (Å²) in [5, 5.41) is 3.17. The van der Waals surface area contributed by atoms with E-state index in [1.807, 2.05) is 29.8 Å². The summed E-state index contributed by atoms with van der Waals surface area (Å²) in [6.45, 7) is 6.97. The van der Waals surface area contributed by atoms with Gasteiger partial charge in [0.1, 0.15) is 5.82 Å². The van der Waals surface area contributed by atoms with E-state index in [0.717, 1.165) is 17.2 Å². The van der Waals surface area contributed by atoms with E-state index in [4.69, 9.17) is 0 Å². The second-order valence-electron chi connectivity index (χ2n) is 4.41. The van der Waals surface area contributed by atoms with Crippen LogP contribution < -0.4 is 5.32 Å². The van der Waals surface area contributed by atoms with Crippen LogP contribution in [0.3, 0.4) is 0 Å². The van der Waals surface area contributed by atoms with Crippen molar-refractivity contribution in [3.8, 4) is 0 Å². The smallest absolute Gasteiger partial charge is 0.203 e. The summed E-state index contributed by atoms with van der Waals surface area (Å²) in [6.07, 6.45) is 4.39. The van der Waals surface area contributed by atoms with E-state index < -0.39 is 0 Å². The Labute approximate surface area is 112 Å². The lowest BCUT2D eigenvalue weighted by Gasteiger charge is -2.08. The third kappa shape index (κ3) is 3.44. The molecule has 0 saturated heterocycles. The first-order valence-corrected chi connectivity index (χ1v) is 6.32. The highest BCUT2D eigenvalue weighted by Gasteiger charge is 2.06. The van der Waals surface area contributed by atoms with Gasteiger partial charge < -0.3 is 9.88 Å². The molecule has 0 spiro atoms. The van der Waals surface area contributed by atoms with Gasteiger partial charge >= 0.3 is 0 Å². The van der Waals surface area contributed by atoms with Gasteiger partial charge in [-0.2, -0.15) is 0 Å². The second kappa shape index (κ2) is 6.18. The Morgan fingerprint density at radius 1 is 1.42 bits per heavy atom. The summed E-state index contributed by atoms with van der Waals surface area (Å²) < 4.78 is 15.6. The molecular weight excluding hydrogens is 241 g/mol. The number of hydrogen-bond donors (Lipinski definition) is 1. The SMILES string of the molecule is C=CCNc1nc(C)cn1CCc1ccccc1F. The molecule has 0 amide bonds. The van der Waals surface area contributed by atoms with Crippen LogP contribution in [0, 0.1) is 12.7 Å². The molecule has 1 aromatic heterocycles. The van der Waals surface area contributed by atoms with Crippen LogP contribution in [0.4, 0.5) is 10.3 Å². The van der Waals surface area contributed by atoms with Crippen LogP contribution in [-0.4, -0.2) is 16.1 Å². The quantitative estimate of drug-likeness (QED) is 0.807. The number of imidazole rings is 1. The standard InChI is InChI=1S/C15H18FN3/c1-3-9-17-15-18-12(2)11-19(15)10-8-13-6-4-5-7-14(13)16/h3-7,11H,1,8-10H2,2H3,(H,17,18). The maximum atomic E-state index is 13.5. The van der Waals surface area contributed by atoms with Gasteiger partial charge in [0.05, 0.1) is 5.69 Å². The number of anilines is 1. The number of halogens is 1. The van der Waals surface area contributed by atoms with E-state index >= 15 is 0 Å². The van der Waals surface area contributed by atoms with Crippen LogP contribution in [0.25, 0.3) is 0 Å². The Kier molecular flexibility index (Phi) is 4.34. The van der Waals surface area contributed by atoms with Gasteiger partial charge in [-0.15, -0.1) is 6.58 Å². The third-order valence-corrected chi connectivity index (χ3v) is 2.88. The lowest BCUT2D eigenvalue weighted by molar-refractivity contribution is 0.594. The molecule has 0 bridgehead atoms. The highest BCUT2D eigenvalue weighted by atomic mass is 19.1. The average molecular weight is 259 g/mol. The Morgan fingerprint density at radius 3 is 2.95 bits per heavy atom. The molecule has 19 heavy (non-hydrogen) atoms. The fourth-order valence-electron chi connectivity index (χ4n) is 1.96. The number of aromatic nitrogens is 2. The zero-order valence-electron chi connectivity index (χ0n) is 11.1. The van der Waals surface area contributed by atoms with E-state index in [-0.39, 0.29) is 5.82 Å². The Morgan fingerprint density at radius 2 is 2.21 bits per heavy atom. The van der Waals surface area contributed by atoms with Crippen LogP contribution >= 0.6 is 0 Å². The largest absolute Gasteiger partial charge is 0.352 e. The lowest BCUT2D eigenvalue weighted by atomic mass is 10.1. The zero-order valence-corrected chi connectivity index (χ0v) is 11.1. The predicted molar refractivity (Wildman–Crippen MR) is 75.8 cm³/mol. The summed E-state index contributed by atoms with van der Waals surface area (Å²) >= 11 is 0. The van der Waals surface area contributed by atoms with Crippen molar-refractivity contribution in [1.82, 2.24) is 9.55 Å². The number of aryl methyl sites for hydroxylation is 3. The molecule has 1 N–H and O–H groups in total. The highest BCUT2D eigenvalue weighted by Crippen LogP contribution is 2.12. The maximum absolute atomic E-state index is 13.5. The summed E-state index contributed by atoms with van der Waals surface area (Å²) in [6, 6.07) is 6.87. The van der Waals surface area contributed by atoms with Crippen LogP contribution in [0.5, 0.6) is 0 Å². The van der Waals surface area contributed by atoms with E-state index in [0.29, 0.717) is 19.5 Å². The summed E-state index contributed by atoms with van der Waals surface area (Å²) in [7, 11) is 0. The Hall–Kier alpha value is -2.10. The van der Waals surface area contributed by atoms with E-state index in [9.17, 15) is 4.39 Å². The number of nitrogens with one attached hydrogen (secondary N) is 1. The van der Waals surface area contributed by atoms with Crippen LogP contribution in [-0.2, 0) is 13.0 Å². The first-order chi connectivity index (χ1) is 9.20. The topological polar surface area (TPSA) is 29.9 Å². The van der Waals surface area contributed by atoms with Crippen LogP contribution in [0.2, 0.25) is 0 Å². The van der Waals surface area contributed by atoms with E-state index in [2.05, 4.69) is 16.9 Å². The van der Waals surface area contributed by atoms with Crippen molar-refractivity contribution in [2.75, 3.05) is 11.9 Å². The molecule has 0 aliphatic rings. The molecule has 0 aliphatic heterocycles. The normalized spacial score (nSPS) is 10.4. The Balaban J connectivity index is 2.06. The number of hydrogen-bond acceptors (Lipinski definition) is 2. The minimum atomic E-state index is -0.153. The first kappa shape index (κ1) is 13.3. The van der Waals surface area contributed by atoms with E-state index in [1.54, 1.807) is 12.1 Å². The summed E-state index contributed by atoms with van der Waals surface area (Å²) in [5.41, 5.74) is 1.67. The molecule has 0 fully saturated rings. The van der Waals surface area contributed by atoms with Crippen molar-refractivity contribution in [2.45, 2.75) is 19.9 Å². The maximum Gasteiger partial charge on any atom is 0.203 e. The molecule has 3 nitrogen and oxygen atoms in total. The van der Waals surface area contributed by atoms with Crippen molar-refractivity contribution in [2.24, 2.45) is 0 Å². The van der Waals surface area contributed by atoms with Gasteiger partial charge in [0.15, 0.2) is 0 Å². The van der Waals surface area contributed by atoms with Gasteiger partial charge in [0, 0.05) is 19.3 Å². The molecule has 1 aromatic carbocycles. The monoisotopic (exact) mass is 259 g/mol. The van der Waals surface area contributed by atoms with Crippen molar-refractivity contribution >= 4 is 5.95 Å². The van der Waals surface area contributed by atoms with Gasteiger partial charge in [-0.1, -0.05) is 24.3 Å². The first-order valence-electron chi connectivity index (χ1n) is 6.32. The van der Waals surface area contributed by atoms with Crippen molar-refractivity contribution in [3.05, 3.63) is 60.2 Å². The highest BCUT2D eigenvalue weighted by molar-refractivity contribution is 5.30. The number of nitrogens with zero attached hydrogens (tertiary/aromatic N) is 2. The third-order valence-electron chi connectivity index (χ3n) is 2.88. The van der Waals surface area contributed by atoms with Gasteiger partial charge in [0.25, 0.3) is 0 Å². The van der Waals surface area contributed by atoms with Crippen LogP contribution in [0.1, 0.15) is 11.3 Å². The van der Waals surface area contributed by atoms with Gasteiger partial charge in [-0.25, -0.2) is 9.37 Å². The molecule has 0 radical (unpaired) electrons. The molecule has 100 valence electrons. The fraction of sp³-hybridized carbons (Fsp3) is 0.267. The molecule has 1 heterocycles. The van der Waals surface area contributed by atoms with Gasteiger partial charge in [-0.05, 0) is 25.0 Å². The van der Waals surface area contributed by atoms with E-state index in [1.165, 1.54) is 6.07 Å². The van der Waals surface area contributed by atoms with Crippen molar-refractivity contribution in [1.29, 1.82) is 0 Å². The molecule has 0 saturated carbocycles. The number of benzene rings is 1. The van der Waals surface area contributed by atoms with Gasteiger partial charge in [0.2, 0.25) is 5.95 Å². The van der Waals surface area contributed by atoms with Crippen molar-refractivity contribution < 1.29 is 4.39 Å². The van der Waals surface area contributed by atoms with Gasteiger partial charge in [-0.3, -0.25) is 0 Å². The number of rotatable bonds is 6. The molecular formula is C15H18FN3. The molecule has 0 atom stereocenters. The predicted octanol–water partition coefficient (Wildman–Crippen LogP) is 3.17. The molecule has 2 aromatic rings. The molecule has 2 rings (SSSR count). The minimum Gasteiger partial charge on any atom is -0.352 e. The zero-order chi connectivity index (χ0) is 13.7. The lowest BCUT2D eigenvalue weighted by Crippen LogP contribution is -2.09. The summed E-state index contributed by atoms with van der Waals surface area (Å²) in [5.74, 6) is 0.647. The summed E-state index contributed by atoms with van der Waals surface area (Å²) in [4.78, 5) is 4.39. The van der Waals surface area contributed by atoms with Crippen LogP contribution in [0.15, 0.2) is 43.1 Å². The average Bonchev–Trinajstić information content (AvgIpc) is 2.76. The second-order valence-corrected chi connectivity index (χ2v) is 4.41. The molecule has 0 aliphatic carbocycles. The fourth-order valence-corrected chi connectivity index (χ4v) is 1.96. The molecule has 0 unspecified atom stereocenters. The Bertz CT molecular complexity index is 560. The molecule has 4 heteroatoms. The van der Waals surface area contributed by atoms with Crippen molar-refractivity contribution in [3.63, 3.8) is 0 Å².